The van der Waals surface area contributed by atoms with Crippen LogP contribution in [-0.4, -0.2) is 11.9 Å². The summed E-state index contributed by atoms with van der Waals surface area (Å²) in [5.41, 5.74) is 5.03. The monoisotopic (exact) mass is 356 g/mol. The van der Waals surface area contributed by atoms with Gasteiger partial charge in [0.2, 0.25) is 5.91 Å². The lowest BCUT2D eigenvalue weighted by Gasteiger charge is -2.33. The topological polar surface area (TPSA) is 46.3 Å². The van der Waals surface area contributed by atoms with E-state index in [1.54, 1.807) is 0 Å². The van der Waals surface area contributed by atoms with Gasteiger partial charge in [0, 0.05) is 29.2 Å². The Hall–Kier alpha value is -2.48. The summed E-state index contributed by atoms with van der Waals surface area (Å²) >= 11 is 0. The minimum Gasteiger partial charge on any atom is -0.320 e. The number of hydrogen-bond donors (Lipinski definition) is 1. The fraction of sp³-hybridized carbons (Fsp3) is 0.235. The van der Waals surface area contributed by atoms with Gasteiger partial charge in [-0.25, -0.2) is 22.0 Å². The second-order valence-corrected chi connectivity index (χ2v) is 5.77. The van der Waals surface area contributed by atoms with E-state index in [-0.39, 0.29) is 23.2 Å². The molecule has 0 radical (unpaired) electrons. The summed E-state index contributed by atoms with van der Waals surface area (Å²) in [6.07, 6.45) is -2.95. The van der Waals surface area contributed by atoms with Crippen LogP contribution in [0.2, 0.25) is 0 Å². The third kappa shape index (κ3) is 3.21. The van der Waals surface area contributed by atoms with E-state index in [4.69, 9.17) is 5.73 Å². The molecule has 0 saturated carbocycles. The molecule has 8 heteroatoms. The summed E-state index contributed by atoms with van der Waals surface area (Å²) in [6.45, 7) is -0.463. The van der Waals surface area contributed by atoms with Crippen LogP contribution < -0.4 is 10.6 Å². The van der Waals surface area contributed by atoms with Crippen LogP contribution in [-0.2, 0) is 17.8 Å². The van der Waals surface area contributed by atoms with E-state index in [1.165, 1.54) is 0 Å². The lowest BCUT2D eigenvalue weighted by atomic mass is 9.96. The molecule has 1 aliphatic heterocycles. The van der Waals surface area contributed by atoms with Crippen molar-refractivity contribution >= 4 is 11.6 Å². The van der Waals surface area contributed by atoms with Gasteiger partial charge in [0.05, 0.1) is 18.3 Å². The summed E-state index contributed by atoms with van der Waals surface area (Å²) in [4.78, 5) is 13.3. The molecular formula is C17H13F5N2O. The predicted molar refractivity (Wildman–Crippen MR) is 80.6 cm³/mol. The normalized spacial score (nSPS) is 17.2. The maximum Gasteiger partial charge on any atom is 0.263 e. The average molecular weight is 356 g/mol. The van der Waals surface area contributed by atoms with Crippen molar-refractivity contribution in [2.45, 2.75) is 25.4 Å². The Balaban J connectivity index is 2.06. The summed E-state index contributed by atoms with van der Waals surface area (Å²) in [5, 5.41) is 0. The van der Waals surface area contributed by atoms with E-state index in [2.05, 4.69) is 0 Å². The SMILES string of the molecule is N[C@@H]1Cc2c(F)cc(F)cc2N(Cc2cc(C(F)F)ccc2F)C1=O. The van der Waals surface area contributed by atoms with Crippen LogP contribution in [0, 0.1) is 17.5 Å². The maximum atomic E-state index is 14.0. The first-order valence-corrected chi connectivity index (χ1v) is 7.39. The van der Waals surface area contributed by atoms with E-state index in [0.717, 1.165) is 29.2 Å². The minimum atomic E-state index is -2.82. The molecule has 3 nitrogen and oxygen atoms in total. The highest BCUT2D eigenvalue weighted by molar-refractivity contribution is 6.00. The van der Waals surface area contributed by atoms with E-state index in [1.807, 2.05) is 0 Å². The number of fused-ring (bicyclic) bond motifs is 1. The van der Waals surface area contributed by atoms with Crippen LogP contribution in [0.5, 0.6) is 0 Å². The number of rotatable bonds is 3. The van der Waals surface area contributed by atoms with Gasteiger partial charge in [0.1, 0.15) is 17.5 Å². The Morgan fingerprint density at radius 1 is 1.12 bits per heavy atom. The first kappa shape index (κ1) is 17.3. The van der Waals surface area contributed by atoms with Crippen molar-refractivity contribution in [1.82, 2.24) is 0 Å². The molecule has 1 aliphatic rings. The molecule has 0 fully saturated rings. The number of benzene rings is 2. The fourth-order valence-corrected chi connectivity index (χ4v) is 2.84. The molecule has 1 amide bonds. The van der Waals surface area contributed by atoms with Crippen LogP contribution >= 0.6 is 0 Å². The van der Waals surface area contributed by atoms with Crippen molar-refractivity contribution in [1.29, 1.82) is 0 Å². The van der Waals surface area contributed by atoms with Gasteiger partial charge in [-0.1, -0.05) is 6.07 Å². The number of carbonyl (C=O) groups excluding carboxylic acids is 1. The number of nitrogens with two attached hydrogens (primary N) is 1. The Kier molecular flexibility index (Phi) is 4.47. The zero-order valence-corrected chi connectivity index (χ0v) is 12.8. The summed E-state index contributed by atoms with van der Waals surface area (Å²) in [7, 11) is 0. The first-order valence-electron chi connectivity index (χ1n) is 7.39. The number of anilines is 1. The van der Waals surface area contributed by atoms with Gasteiger partial charge < -0.3 is 10.6 Å². The number of halogens is 5. The first-order chi connectivity index (χ1) is 11.8. The molecule has 0 aromatic heterocycles. The Labute approximate surface area is 139 Å². The third-order valence-electron chi connectivity index (χ3n) is 4.08. The molecule has 0 aliphatic carbocycles. The van der Waals surface area contributed by atoms with Crippen molar-refractivity contribution < 1.29 is 26.7 Å². The van der Waals surface area contributed by atoms with Crippen molar-refractivity contribution in [3.8, 4) is 0 Å². The molecule has 0 unspecified atom stereocenters. The lowest BCUT2D eigenvalue weighted by Crippen LogP contribution is -2.49. The largest absolute Gasteiger partial charge is 0.320 e. The van der Waals surface area contributed by atoms with E-state index in [9.17, 15) is 26.7 Å². The second kappa shape index (κ2) is 6.44. The maximum absolute atomic E-state index is 14.0. The molecule has 1 heterocycles. The zero-order chi connectivity index (χ0) is 18.3. The molecule has 3 rings (SSSR count). The van der Waals surface area contributed by atoms with Crippen LogP contribution in [0.4, 0.5) is 27.6 Å². The van der Waals surface area contributed by atoms with E-state index < -0.39 is 47.9 Å². The minimum absolute atomic E-state index is 0.0268. The van der Waals surface area contributed by atoms with Crippen LogP contribution in [0.15, 0.2) is 30.3 Å². The molecule has 2 aromatic rings. The Bertz CT molecular complexity index is 840. The molecule has 0 saturated heterocycles. The van der Waals surface area contributed by atoms with Gasteiger partial charge in [-0.3, -0.25) is 4.79 Å². The molecular weight excluding hydrogens is 343 g/mol. The predicted octanol–water partition coefficient (Wildman–Crippen LogP) is 3.46. The molecule has 0 spiro atoms. The van der Waals surface area contributed by atoms with E-state index >= 15 is 0 Å². The van der Waals surface area contributed by atoms with Gasteiger partial charge in [-0.2, -0.15) is 0 Å². The van der Waals surface area contributed by atoms with Gasteiger partial charge in [0.25, 0.3) is 6.43 Å². The average Bonchev–Trinajstić information content (AvgIpc) is 2.54. The Morgan fingerprint density at radius 2 is 1.84 bits per heavy atom. The van der Waals surface area contributed by atoms with Crippen molar-refractivity contribution in [3.05, 3.63) is 64.5 Å². The highest BCUT2D eigenvalue weighted by Gasteiger charge is 2.33. The molecule has 132 valence electrons. The summed E-state index contributed by atoms with van der Waals surface area (Å²) in [6, 6.07) is 3.23. The molecule has 25 heavy (non-hydrogen) atoms. The summed E-state index contributed by atoms with van der Waals surface area (Å²) in [5.74, 6) is -3.26. The van der Waals surface area contributed by atoms with Crippen LogP contribution in [0.3, 0.4) is 0 Å². The highest BCUT2D eigenvalue weighted by atomic mass is 19.3. The van der Waals surface area contributed by atoms with Crippen LogP contribution in [0.25, 0.3) is 0 Å². The van der Waals surface area contributed by atoms with Gasteiger partial charge in [-0.15, -0.1) is 0 Å². The number of amides is 1. The van der Waals surface area contributed by atoms with Crippen LogP contribution in [0.1, 0.15) is 23.1 Å². The summed E-state index contributed by atoms with van der Waals surface area (Å²) < 4.78 is 67.2. The fourth-order valence-electron chi connectivity index (χ4n) is 2.84. The quantitative estimate of drug-likeness (QED) is 0.857. The number of hydrogen-bond acceptors (Lipinski definition) is 2. The Morgan fingerprint density at radius 3 is 2.52 bits per heavy atom. The molecule has 0 bridgehead atoms. The smallest absolute Gasteiger partial charge is 0.263 e. The number of carbonyl (C=O) groups is 1. The lowest BCUT2D eigenvalue weighted by molar-refractivity contribution is -0.120. The second-order valence-electron chi connectivity index (χ2n) is 5.77. The van der Waals surface area contributed by atoms with Crippen molar-refractivity contribution in [3.63, 3.8) is 0 Å². The standard InChI is InChI=1S/C17H13F5N2O/c18-10-4-13(20)11-6-14(23)17(25)24(15(11)5-10)7-9-3-8(16(21)22)1-2-12(9)19/h1-5,14,16H,6-7,23H2/t14-/m1/s1. The highest BCUT2D eigenvalue weighted by Crippen LogP contribution is 2.32. The van der Waals surface area contributed by atoms with Crippen molar-refractivity contribution in [2.75, 3.05) is 4.90 Å². The molecule has 2 aromatic carbocycles. The zero-order valence-electron chi connectivity index (χ0n) is 12.8. The molecule has 2 N–H and O–H groups in total. The third-order valence-corrected chi connectivity index (χ3v) is 4.08. The number of nitrogens with zero attached hydrogens (tertiary/aromatic N) is 1. The van der Waals surface area contributed by atoms with E-state index in [0.29, 0.717) is 6.07 Å². The number of alkyl halides is 2. The van der Waals surface area contributed by atoms with Crippen molar-refractivity contribution in [2.24, 2.45) is 5.73 Å². The molecule has 1 atom stereocenters. The van der Waals surface area contributed by atoms with Gasteiger partial charge in [0.15, 0.2) is 0 Å². The van der Waals surface area contributed by atoms with Gasteiger partial charge in [-0.05, 0) is 18.2 Å². The van der Waals surface area contributed by atoms with Gasteiger partial charge >= 0.3 is 0 Å².